The first-order valence-electron chi connectivity index (χ1n) is 7.00. The largest absolute Gasteiger partial charge is 0.399 e. The second-order valence-electron chi connectivity index (χ2n) is 4.82. The molecule has 0 unspecified atom stereocenters. The van der Waals surface area contributed by atoms with Gasteiger partial charge in [-0.3, -0.25) is 0 Å². The number of rotatable bonds is 6. The molecule has 6 nitrogen and oxygen atoms in total. The number of aryl methyl sites for hydroxylation is 1. The van der Waals surface area contributed by atoms with Crippen molar-refractivity contribution in [3.8, 4) is 11.4 Å². The Bertz CT molecular complexity index is 559. The van der Waals surface area contributed by atoms with Crippen molar-refractivity contribution in [3.63, 3.8) is 0 Å². The van der Waals surface area contributed by atoms with Gasteiger partial charge >= 0.3 is 0 Å². The number of anilines is 1. The number of nitrogen functional groups attached to an aromatic ring is 1. The number of aromatic nitrogens is 4. The van der Waals surface area contributed by atoms with E-state index in [1.54, 1.807) is 0 Å². The molecule has 2 rings (SSSR count). The lowest BCUT2D eigenvalue weighted by Gasteiger charge is -2.17. The second-order valence-corrected chi connectivity index (χ2v) is 4.82. The number of hydrogen-bond acceptors (Lipinski definition) is 5. The summed E-state index contributed by atoms with van der Waals surface area (Å²) in [5, 5.41) is 12.0. The highest BCUT2D eigenvalue weighted by Gasteiger charge is 2.10. The minimum Gasteiger partial charge on any atom is -0.399 e. The highest BCUT2D eigenvalue weighted by atomic mass is 15.5. The first kappa shape index (κ1) is 14.5. The zero-order valence-corrected chi connectivity index (χ0v) is 12.4. The third-order valence-electron chi connectivity index (χ3n) is 3.58. The third kappa shape index (κ3) is 3.14. The van der Waals surface area contributed by atoms with Gasteiger partial charge in [-0.1, -0.05) is 13.8 Å². The fraction of sp³-hybridized carbons (Fsp3) is 0.500. The van der Waals surface area contributed by atoms with Crippen molar-refractivity contribution >= 4 is 5.69 Å². The Hall–Kier alpha value is -1.95. The number of nitrogens with zero attached hydrogens (tertiary/aromatic N) is 5. The molecule has 0 fully saturated rings. The Morgan fingerprint density at radius 3 is 2.65 bits per heavy atom. The zero-order valence-electron chi connectivity index (χ0n) is 12.4. The van der Waals surface area contributed by atoms with Gasteiger partial charge in [0.25, 0.3) is 0 Å². The van der Waals surface area contributed by atoms with E-state index in [4.69, 9.17) is 5.73 Å². The lowest BCUT2D eigenvalue weighted by Crippen LogP contribution is -2.27. The molecule has 1 heterocycles. The highest BCUT2D eigenvalue weighted by Crippen LogP contribution is 2.20. The zero-order chi connectivity index (χ0) is 14.5. The van der Waals surface area contributed by atoms with Crippen molar-refractivity contribution < 1.29 is 0 Å². The molecule has 1 aromatic heterocycles. The van der Waals surface area contributed by atoms with Crippen LogP contribution in [0.15, 0.2) is 18.2 Å². The number of tetrazole rings is 1. The molecule has 0 saturated heterocycles. The lowest BCUT2D eigenvalue weighted by molar-refractivity contribution is 0.285. The van der Waals surface area contributed by atoms with Crippen LogP contribution in [0.25, 0.3) is 11.4 Å². The third-order valence-corrected chi connectivity index (χ3v) is 3.58. The molecule has 6 heteroatoms. The van der Waals surface area contributed by atoms with Gasteiger partial charge in [-0.25, -0.2) is 4.68 Å². The van der Waals surface area contributed by atoms with E-state index in [-0.39, 0.29) is 0 Å². The molecular weight excluding hydrogens is 252 g/mol. The average molecular weight is 274 g/mol. The Kier molecular flexibility index (Phi) is 4.68. The smallest absolute Gasteiger partial charge is 0.182 e. The number of hydrogen-bond donors (Lipinski definition) is 1. The minimum absolute atomic E-state index is 0.785. The molecule has 0 bridgehead atoms. The number of nitrogens with two attached hydrogens (primary N) is 1. The molecule has 108 valence electrons. The fourth-order valence-electron chi connectivity index (χ4n) is 2.15. The number of likely N-dealkylation sites (N-methyl/N-ethyl adjacent to an activating group) is 1. The van der Waals surface area contributed by atoms with Crippen LogP contribution < -0.4 is 5.73 Å². The molecule has 0 saturated carbocycles. The van der Waals surface area contributed by atoms with Crippen molar-refractivity contribution in [1.29, 1.82) is 0 Å². The van der Waals surface area contributed by atoms with E-state index >= 15 is 0 Å². The molecule has 0 spiro atoms. The van der Waals surface area contributed by atoms with E-state index in [2.05, 4.69) is 34.3 Å². The van der Waals surface area contributed by atoms with E-state index in [1.807, 2.05) is 29.8 Å². The van der Waals surface area contributed by atoms with E-state index in [9.17, 15) is 0 Å². The highest BCUT2D eigenvalue weighted by molar-refractivity contribution is 5.61. The standard InChI is InChI=1S/C14H22N6/c1-4-19(5-2)8-9-20-14(16-17-18-20)12-6-7-13(15)11(3)10-12/h6-7,10H,4-5,8-9,15H2,1-3H3. The van der Waals surface area contributed by atoms with E-state index in [0.717, 1.165) is 48.8 Å². The van der Waals surface area contributed by atoms with Crippen LogP contribution in [0.4, 0.5) is 5.69 Å². The molecular formula is C14H22N6. The van der Waals surface area contributed by atoms with Crippen LogP contribution in [-0.2, 0) is 6.54 Å². The Morgan fingerprint density at radius 2 is 2.00 bits per heavy atom. The summed E-state index contributed by atoms with van der Waals surface area (Å²) in [6.07, 6.45) is 0. The van der Waals surface area contributed by atoms with Crippen molar-refractivity contribution in [2.24, 2.45) is 0 Å². The van der Waals surface area contributed by atoms with Crippen LogP contribution in [0, 0.1) is 6.92 Å². The second kappa shape index (κ2) is 6.47. The van der Waals surface area contributed by atoms with Gasteiger partial charge in [-0.05, 0) is 54.2 Å². The molecule has 0 amide bonds. The predicted octanol–water partition coefficient (Wildman–Crippen LogP) is 1.57. The summed E-state index contributed by atoms with van der Waals surface area (Å²) in [5.41, 5.74) is 8.68. The van der Waals surface area contributed by atoms with Crippen LogP contribution in [0.2, 0.25) is 0 Å². The van der Waals surface area contributed by atoms with E-state index in [1.165, 1.54) is 0 Å². The lowest BCUT2D eigenvalue weighted by atomic mass is 10.1. The topological polar surface area (TPSA) is 72.9 Å². The van der Waals surface area contributed by atoms with Crippen molar-refractivity contribution in [3.05, 3.63) is 23.8 Å². The summed E-state index contributed by atoms with van der Waals surface area (Å²) in [6.45, 7) is 10.1. The molecule has 0 atom stereocenters. The summed E-state index contributed by atoms with van der Waals surface area (Å²) in [4.78, 5) is 2.35. The molecule has 0 aliphatic carbocycles. The van der Waals surface area contributed by atoms with Gasteiger partial charge < -0.3 is 10.6 Å². The van der Waals surface area contributed by atoms with Crippen LogP contribution in [0.3, 0.4) is 0 Å². The van der Waals surface area contributed by atoms with Crippen LogP contribution >= 0.6 is 0 Å². The molecule has 0 aliphatic heterocycles. The monoisotopic (exact) mass is 274 g/mol. The van der Waals surface area contributed by atoms with Gasteiger partial charge in [-0.15, -0.1) is 5.10 Å². The SMILES string of the molecule is CCN(CC)CCn1nnnc1-c1ccc(N)c(C)c1. The van der Waals surface area contributed by atoms with Gasteiger partial charge in [0, 0.05) is 17.8 Å². The summed E-state index contributed by atoms with van der Waals surface area (Å²) < 4.78 is 1.85. The maximum atomic E-state index is 5.85. The number of benzene rings is 1. The van der Waals surface area contributed by atoms with E-state index < -0.39 is 0 Å². The van der Waals surface area contributed by atoms with E-state index in [0.29, 0.717) is 0 Å². The first-order valence-corrected chi connectivity index (χ1v) is 7.00. The van der Waals surface area contributed by atoms with Gasteiger partial charge in [0.05, 0.1) is 6.54 Å². The summed E-state index contributed by atoms with van der Waals surface area (Å²) in [7, 11) is 0. The van der Waals surface area contributed by atoms with Gasteiger partial charge in [0.2, 0.25) is 0 Å². The Labute approximate surface area is 119 Å². The minimum atomic E-state index is 0.785. The molecule has 2 aromatic rings. The molecule has 0 aliphatic rings. The normalized spacial score (nSPS) is 11.2. The maximum Gasteiger partial charge on any atom is 0.182 e. The fourth-order valence-corrected chi connectivity index (χ4v) is 2.15. The molecule has 0 radical (unpaired) electrons. The van der Waals surface area contributed by atoms with Crippen LogP contribution in [-0.4, -0.2) is 44.7 Å². The summed E-state index contributed by atoms with van der Waals surface area (Å²) in [6, 6.07) is 5.88. The summed E-state index contributed by atoms with van der Waals surface area (Å²) >= 11 is 0. The average Bonchev–Trinajstić information content (AvgIpc) is 2.91. The van der Waals surface area contributed by atoms with Gasteiger partial charge in [-0.2, -0.15) is 0 Å². The van der Waals surface area contributed by atoms with Crippen molar-refractivity contribution in [1.82, 2.24) is 25.1 Å². The van der Waals surface area contributed by atoms with Crippen molar-refractivity contribution in [2.75, 3.05) is 25.4 Å². The molecule has 1 aromatic carbocycles. The van der Waals surface area contributed by atoms with Gasteiger partial charge in [0.1, 0.15) is 0 Å². The van der Waals surface area contributed by atoms with Gasteiger partial charge in [0.15, 0.2) is 5.82 Å². The predicted molar refractivity (Wildman–Crippen MR) is 80.2 cm³/mol. The molecule has 20 heavy (non-hydrogen) atoms. The van der Waals surface area contributed by atoms with Crippen LogP contribution in [0.1, 0.15) is 19.4 Å². The first-order chi connectivity index (χ1) is 9.65. The molecule has 2 N–H and O–H groups in total. The van der Waals surface area contributed by atoms with Crippen LogP contribution in [0.5, 0.6) is 0 Å². The quantitative estimate of drug-likeness (QED) is 0.809. The maximum absolute atomic E-state index is 5.85. The van der Waals surface area contributed by atoms with Crippen molar-refractivity contribution in [2.45, 2.75) is 27.3 Å². The summed E-state index contributed by atoms with van der Waals surface area (Å²) in [5.74, 6) is 0.792. The Morgan fingerprint density at radius 1 is 1.25 bits per heavy atom. The Balaban J connectivity index is 2.17.